The normalized spacial score (nSPS) is 11.6. The Morgan fingerprint density at radius 3 is 2.61 bits per heavy atom. The summed E-state index contributed by atoms with van der Waals surface area (Å²) in [5.41, 5.74) is 4.66. The van der Waals surface area contributed by atoms with Crippen molar-refractivity contribution >= 4 is 33.6 Å². The summed E-state index contributed by atoms with van der Waals surface area (Å²) >= 11 is 1.63. The number of nitrogens with zero attached hydrogens (tertiary/aromatic N) is 2. The molecule has 0 amide bonds. The first-order valence-corrected chi connectivity index (χ1v) is 10.3. The molecule has 4 rings (SSSR count). The van der Waals surface area contributed by atoms with Crippen molar-refractivity contribution in [3.63, 3.8) is 0 Å². The Morgan fingerprint density at radius 1 is 1.04 bits per heavy atom. The van der Waals surface area contributed by atoms with Gasteiger partial charge in [-0.15, -0.1) is 11.8 Å². The van der Waals surface area contributed by atoms with Gasteiger partial charge in [0.2, 0.25) is 0 Å². The second-order valence-corrected chi connectivity index (χ2v) is 8.30. The summed E-state index contributed by atoms with van der Waals surface area (Å²) in [6, 6.07) is 13.8. The maximum Gasteiger partial charge on any atom is 0.336 e. The summed E-state index contributed by atoms with van der Waals surface area (Å²) in [5, 5.41) is 2.96. The second-order valence-electron chi connectivity index (χ2n) is 7.33. The zero-order valence-corrected chi connectivity index (χ0v) is 17.3. The van der Waals surface area contributed by atoms with Crippen molar-refractivity contribution in [3.05, 3.63) is 75.4 Å². The third-order valence-corrected chi connectivity index (χ3v) is 5.92. The quantitative estimate of drug-likeness (QED) is 0.252. The fourth-order valence-electron chi connectivity index (χ4n) is 3.55. The lowest BCUT2D eigenvalue weighted by atomic mass is 9.95. The van der Waals surface area contributed by atoms with Gasteiger partial charge in [-0.1, -0.05) is 32.0 Å². The average Bonchev–Trinajstić information content (AvgIpc) is 2.64. The van der Waals surface area contributed by atoms with Gasteiger partial charge in [0.1, 0.15) is 16.4 Å². The molecular weight excluding hydrogens is 368 g/mol. The van der Waals surface area contributed by atoms with Crippen molar-refractivity contribution in [2.45, 2.75) is 44.4 Å². The highest BCUT2D eigenvalue weighted by molar-refractivity contribution is 7.98. The lowest BCUT2D eigenvalue weighted by Crippen LogP contribution is -2.02. The Labute approximate surface area is 168 Å². The molecule has 2 aromatic carbocycles. The van der Waals surface area contributed by atoms with Gasteiger partial charge in [-0.3, -0.25) is 0 Å². The Morgan fingerprint density at radius 2 is 1.82 bits per heavy atom. The first-order chi connectivity index (χ1) is 13.4. The van der Waals surface area contributed by atoms with E-state index in [4.69, 9.17) is 4.42 Å². The van der Waals surface area contributed by atoms with Crippen molar-refractivity contribution in [3.8, 4) is 0 Å². The van der Waals surface area contributed by atoms with Crippen molar-refractivity contribution in [1.29, 1.82) is 0 Å². The van der Waals surface area contributed by atoms with Crippen LogP contribution in [0.1, 0.15) is 42.3 Å². The fourth-order valence-corrected chi connectivity index (χ4v) is 4.60. The Hall–Kier alpha value is -2.66. The molecule has 0 aliphatic heterocycles. The average molecular weight is 391 g/mol. The maximum atomic E-state index is 12.1. The molecule has 0 bridgehead atoms. The van der Waals surface area contributed by atoms with E-state index in [1.54, 1.807) is 17.8 Å². The second kappa shape index (κ2) is 7.40. The summed E-state index contributed by atoms with van der Waals surface area (Å²) < 4.78 is 5.47. The maximum absolute atomic E-state index is 12.1. The molecule has 0 aliphatic rings. The molecule has 2 aromatic heterocycles. The molecule has 0 fully saturated rings. The molecule has 0 radical (unpaired) electrons. The Balaban J connectivity index is 1.78. The minimum absolute atomic E-state index is 0.316. The molecule has 0 aliphatic carbocycles. The molecule has 0 N–H and O–H groups in total. The van der Waals surface area contributed by atoms with Crippen LogP contribution in [0.15, 0.2) is 56.7 Å². The van der Waals surface area contributed by atoms with Crippen LogP contribution in [0, 0.1) is 13.8 Å². The predicted molar refractivity (Wildman–Crippen MR) is 115 cm³/mol. The first-order valence-electron chi connectivity index (χ1n) is 9.36. The van der Waals surface area contributed by atoms with E-state index in [1.807, 2.05) is 37.3 Å². The summed E-state index contributed by atoms with van der Waals surface area (Å²) in [5.74, 6) is 1.80. The smallest absolute Gasteiger partial charge is 0.336 e. The number of benzene rings is 2. The van der Waals surface area contributed by atoms with Crippen molar-refractivity contribution in [2.75, 3.05) is 0 Å². The lowest BCUT2D eigenvalue weighted by Gasteiger charge is -2.13. The van der Waals surface area contributed by atoms with Crippen LogP contribution in [0.3, 0.4) is 0 Å². The van der Waals surface area contributed by atoms with Gasteiger partial charge in [0, 0.05) is 22.6 Å². The van der Waals surface area contributed by atoms with Gasteiger partial charge in [-0.25, -0.2) is 14.8 Å². The minimum atomic E-state index is -0.316. The zero-order valence-electron chi connectivity index (χ0n) is 16.4. The lowest BCUT2D eigenvalue weighted by molar-refractivity contribution is 0.559. The van der Waals surface area contributed by atoms with E-state index in [-0.39, 0.29) is 5.63 Å². The van der Waals surface area contributed by atoms with E-state index < -0.39 is 0 Å². The number of hydrogen-bond acceptors (Lipinski definition) is 5. The van der Waals surface area contributed by atoms with Gasteiger partial charge >= 0.3 is 5.63 Å². The van der Waals surface area contributed by atoms with E-state index in [0.717, 1.165) is 38.3 Å². The van der Waals surface area contributed by atoms with Gasteiger partial charge < -0.3 is 4.42 Å². The molecule has 0 unspecified atom stereocenters. The number of rotatable bonds is 4. The molecule has 0 saturated carbocycles. The molecule has 0 saturated heterocycles. The van der Waals surface area contributed by atoms with E-state index in [1.165, 1.54) is 5.56 Å². The molecule has 4 nitrogen and oxygen atoms in total. The summed E-state index contributed by atoms with van der Waals surface area (Å²) in [7, 11) is 0. The number of aromatic nitrogens is 2. The highest BCUT2D eigenvalue weighted by Crippen LogP contribution is 2.32. The van der Waals surface area contributed by atoms with Crippen LogP contribution in [-0.2, 0) is 5.75 Å². The third kappa shape index (κ3) is 3.54. The number of fused-ring (bicyclic) bond motifs is 2. The molecule has 4 aromatic rings. The molecule has 28 heavy (non-hydrogen) atoms. The first kappa shape index (κ1) is 18.7. The van der Waals surface area contributed by atoms with Gasteiger partial charge in [-0.2, -0.15) is 0 Å². The van der Waals surface area contributed by atoms with Crippen molar-refractivity contribution < 1.29 is 4.42 Å². The van der Waals surface area contributed by atoms with Crippen LogP contribution in [0.25, 0.3) is 21.9 Å². The molecule has 2 heterocycles. The molecule has 0 spiro atoms. The van der Waals surface area contributed by atoms with Gasteiger partial charge in [0.25, 0.3) is 0 Å². The number of para-hydroxylation sites is 1. The standard InChI is InChI=1S/C23H22N2O2S/c1-13(2)18-11-19-16(10-22(26)27-21(19)9-14(18)3)12-28-23-17-7-5-6-8-20(17)24-15(4)25-23/h5-11,13H,12H2,1-4H3. The highest BCUT2D eigenvalue weighted by atomic mass is 32.2. The van der Waals surface area contributed by atoms with Crippen molar-refractivity contribution in [1.82, 2.24) is 9.97 Å². The van der Waals surface area contributed by atoms with Crippen LogP contribution in [0.5, 0.6) is 0 Å². The summed E-state index contributed by atoms with van der Waals surface area (Å²) in [6.45, 7) is 8.32. The zero-order chi connectivity index (χ0) is 19.8. The predicted octanol–water partition coefficient (Wildman–Crippen LogP) is 5.77. The van der Waals surface area contributed by atoms with Gasteiger partial charge in [-0.05, 0) is 54.7 Å². The number of thioether (sulfide) groups is 1. The monoisotopic (exact) mass is 390 g/mol. The topological polar surface area (TPSA) is 56.0 Å². The molecule has 142 valence electrons. The summed E-state index contributed by atoms with van der Waals surface area (Å²) in [6.07, 6.45) is 0. The summed E-state index contributed by atoms with van der Waals surface area (Å²) in [4.78, 5) is 21.2. The Bertz CT molecular complexity index is 1240. The number of hydrogen-bond donors (Lipinski definition) is 0. The molecular formula is C23H22N2O2S. The van der Waals surface area contributed by atoms with E-state index in [0.29, 0.717) is 17.3 Å². The Kier molecular flexibility index (Phi) is 4.94. The van der Waals surface area contributed by atoms with Crippen LogP contribution >= 0.6 is 11.8 Å². The SMILES string of the molecule is Cc1nc(SCc2cc(=O)oc3cc(C)c(C(C)C)cc23)c2ccccc2n1. The van der Waals surface area contributed by atoms with Gasteiger partial charge in [0.05, 0.1) is 5.52 Å². The molecule has 0 atom stereocenters. The van der Waals surface area contributed by atoms with E-state index in [9.17, 15) is 4.79 Å². The van der Waals surface area contributed by atoms with Crippen LogP contribution < -0.4 is 5.63 Å². The number of aryl methyl sites for hydroxylation is 2. The van der Waals surface area contributed by atoms with Crippen LogP contribution in [0.2, 0.25) is 0 Å². The van der Waals surface area contributed by atoms with Crippen molar-refractivity contribution in [2.24, 2.45) is 0 Å². The third-order valence-electron chi connectivity index (χ3n) is 4.88. The molecule has 5 heteroatoms. The fraction of sp³-hybridized carbons (Fsp3) is 0.261. The van der Waals surface area contributed by atoms with Gasteiger partial charge in [0.15, 0.2) is 0 Å². The van der Waals surface area contributed by atoms with Crippen LogP contribution in [-0.4, -0.2) is 9.97 Å². The highest BCUT2D eigenvalue weighted by Gasteiger charge is 2.13. The van der Waals surface area contributed by atoms with E-state index >= 15 is 0 Å². The van der Waals surface area contributed by atoms with E-state index in [2.05, 4.69) is 36.8 Å². The minimum Gasteiger partial charge on any atom is -0.423 e. The van der Waals surface area contributed by atoms with Crippen LogP contribution in [0.4, 0.5) is 0 Å². The largest absolute Gasteiger partial charge is 0.423 e.